The SMILES string of the molecule is O=c1[nH][nH]c2ccc(C3CCCC(Nc4ccccn4)C3)cc12. The fraction of sp³-hybridized carbons (Fsp3) is 0.333. The molecule has 1 aromatic carbocycles. The van der Waals surface area contributed by atoms with Gasteiger partial charge in [0.15, 0.2) is 0 Å². The molecule has 0 aliphatic heterocycles. The second kappa shape index (κ2) is 5.91. The van der Waals surface area contributed by atoms with Gasteiger partial charge in [0.05, 0.1) is 10.9 Å². The van der Waals surface area contributed by atoms with Crippen molar-refractivity contribution in [3.05, 3.63) is 58.5 Å². The van der Waals surface area contributed by atoms with E-state index in [1.165, 1.54) is 24.8 Å². The highest BCUT2D eigenvalue weighted by Crippen LogP contribution is 2.34. The van der Waals surface area contributed by atoms with Crippen LogP contribution in [0.25, 0.3) is 10.9 Å². The maximum atomic E-state index is 11.8. The Labute approximate surface area is 134 Å². The highest BCUT2D eigenvalue weighted by molar-refractivity contribution is 5.78. The van der Waals surface area contributed by atoms with E-state index < -0.39 is 0 Å². The van der Waals surface area contributed by atoms with Gasteiger partial charge in [-0.05, 0) is 55.0 Å². The molecule has 0 spiro atoms. The third-order valence-corrected chi connectivity index (χ3v) is 4.76. The number of aromatic amines is 2. The molecule has 5 nitrogen and oxygen atoms in total. The lowest BCUT2D eigenvalue weighted by Crippen LogP contribution is -2.26. The maximum absolute atomic E-state index is 11.8. The summed E-state index contributed by atoms with van der Waals surface area (Å²) in [7, 11) is 0. The minimum Gasteiger partial charge on any atom is -0.367 e. The van der Waals surface area contributed by atoms with Gasteiger partial charge < -0.3 is 5.32 Å². The predicted octanol–water partition coefficient (Wildman–Crippen LogP) is 3.39. The first-order chi connectivity index (χ1) is 11.3. The largest absolute Gasteiger partial charge is 0.367 e. The van der Waals surface area contributed by atoms with Crippen molar-refractivity contribution in [3.63, 3.8) is 0 Å². The summed E-state index contributed by atoms with van der Waals surface area (Å²) in [4.78, 5) is 16.2. The van der Waals surface area contributed by atoms with Gasteiger partial charge in [0.1, 0.15) is 5.82 Å². The van der Waals surface area contributed by atoms with Crippen LogP contribution in [0, 0.1) is 0 Å². The average Bonchev–Trinajstić information content (AvgIpc) is 2.97. The van der Waals surface area contributed by atoms with E-state index in [2.05, 4.69) is 26.6 Å². The van der Waals surface area contributed by atoms with Gasteiger partial charge in [-0.15, -0.1) is 0 Å². The summed E-state index contributed by atoms with van der Waals surface area (Å²) in [6, 6.07) is 12.6. The Kier molecular flexibility index (Phi) is 3.61. The maximum Gasteiger partial charge on any atom is 0.271 e. The zero-order chi connectivity index (χ0) is 15.6. The van der Waals surface area contributed by atoms with Gasteiger partial charge in [-0.2, -0.15) is 0 Å². The Morgan fingerprint density at radius 1 is 1.13 bits per heavy atom. The summed E-state index contributed by atoms with van der Waals surface area (Å²) in [5.41, 5.74) is 2.09. The average molecular weight is 308 g/mol. The van der Waals surface area contributed by atoms with Crippen molar-refractivity contribution in [2.75, 3.05) is 5.32 Å². The normalized spacial score (nSPS) is 21.4. The van der Waals surface area contributed by atoms with Gasteiger partial charge >= 0.3 is 0 Å². The molecule has 0 radical (unpaired) electrons. The molecule has 0 amide bonds. The monoisotopic (exact) mass is 308 g/mol. The van der Waals surface area contributed by atoms with E-state index in [1.807, 2.05) is 36.5 Å². The molecule has 4 rings (SSSR count). The number of fused-ring (bicyclic) bond motifs is 1. The number of nitrogens with zero attached hydrogens (tertiary/aromatic N) is 1. The standard InChI is InChI=1S/C18H20N4O/c23-18-15-11-13(7-8-16(15)21-22-18)12-4-3-5-14(10-12)20-17-6-1-2-9-19-17/h1-2,6-9,11-12,14H,3-5,10H2,(H,19,20)(H2,21,22,23). The topological polar surface area (TPSA) is 73.6 Å². The molecule has 2 unspecified atom stereocenters. The van der Waals surface area contributed by atoms with Crippen LogP contribution in [0.15, 0.2) is 47.4 Å². The van der Waals surface area contributed by atoms with E-state index in [1.54, 1.807) is 0 Å². The molecule has 1 saturated carbocycles. The lowest BCUT2D eigenvalue weighted by Gasteiger charge is -2.30. The van der Waals surface area contributed by atoms with Crippen molar-refractivity contribution in [2.24, 2.45) is 0 Å². The summed E-state index contributed by atoms with van der Waals surface area (Å²) >= 11 is 0. The van der Waals surface area contributed by atoms with E-state index in [0.717, 1.165) is 23.1 Å². The molecule has 1 aliphatic rings. The first kappa shape index (κ1) is 14.1. The Morgan fingerprint density at radius 3 is 2.96 bits per heavy atom. The quantitative estimate of drug-likeness (QED) is 0.694. The van der Waals surface area contributed by atoms with E-state index >= 15 is 0 Å². The van der Waals surface area contributed by atoms with Crippen LogP contribution in [0.1, 0.15) is 37.2 Å². The highest BCUT2D eigenvalue weighted by Gasteiger charge is 2.23. The van der Waals surface area contributed by atoms with Crippen molar-refractivity contribution >= 4 is 16.7 Å². The fourth-order valence-corrected chi connectivity index (χ4v) is 3.59. The van der Waals surface area contributed by atoms with Crippen LogP contribution in [0.2, 0.25) is 0 Å². The van der Waals surface area contributed by atoms with Gasteiger partial charge in [0.25, 0.3) is 5.56 Å². The number of anilines is 1. The lowest BCUT2D eigenvalue weighted by molar-refractivity contribution is 0.410. The van der Waals surface area contributed by atoms with E-state index in [-0.39, 0.29) is 5.56 Å². The molecule has 118 valence electrons. The Balaban J connectivity index is 1.53. The molecule has 3 N–H and O–H groups in total. The minimum absolute atomic E-state index is 0.0409. The predicted molar refractivity (Wildman–Crippen MR) is 91.8 cm³/mol. The van der Waals surface area contributed by atoms with Gasteiger partial charge in [-0.3, -0.25) is 15.0 Å². The van der Waals surface area contributed by atoms with Crippen molar-refractivity contribution in [2.45, 2.75) is 37.6 Å². The van der Waals surface area contributed by atoms with Crippen LogP contribution in [0.3, 0.4) is 0 Å². The van der Waals surface area contributed by atoms with Crippen molar-refractivity contribution in [1.82, 2.24) is 15.2 Å². The Bertz CT molecular complexity index is 852. The van der Waals surface area contributed by atoms with Crippen molar-refractivity contribution in [3.8, 4) is 0 Å². The number of aromatic nitrogens is 3. The molecule has 0 bridgehead atoms. The van der Waals surface area contributed by atoms with Crippen molar-refractivity contribution < 1.29 is 0 Å². The molecule has 1 aliphatic carbocycles. The first-order valence-electron chi connectivity index (χ1n) is 8.17. The van der Waals surface area contributed by atoms with Gasteiger partial charge in [-0.1, -0.05) is 18.6 Å². The van der Waals surface area contributed by atoms with Crippen LogP contribution in [-0.2, 0) is 0 Å². The number of hydrogen-bond donors (Lipinski definition) is 3. The molecule has 1 fully saturated rings. The number of H-pyrrole nitrogens is 2. The second-order valence-electron chi connectivity index (χ2n) is 6.30. The van der Waals surface area contributed by atoms with Gasteiger partial charge in [0, 0.05) is 12.2 Å². The molecular formula is C18H20N4O. The molecule has 23 heavy (non-hydrogen) atoms. The Morgan fingerprint density at radius 2 is 2.09 bits per heavy atom. The molecule has 0 saturated heterocycles. The zero-order valence-corrected chi connectivity index (χ0v) is 12.9. The van der Waals surface area contributed by atoms with Crippen LogP contribution in [0.5, 0.6) is 0 Å². The van der Waals surface area contributed by atoms with Crippen molar-refractivity contribution in [1.29, 1.82) is 0 Å². The molecule has 3 aromatic rings. The van der Waals surface area contributed by atoms with Crippen LogP contribution >= 0.6 is 0 Å². The zero-order valence-electron chi connectivity index (χ0n) is 12.9. The smallest absolute Gasteiger partial charge is 0.271 e. The molecule has 5 heteroatoms. The third-order valence-electron chi connectivity index (χ3n) is 4.76. The molecule has 2 aromatic heterocycles. The number of benzene rings is 1. The second-order valence-corrected chi connectivity index (χ2v) is 6.30. The van der Waals surface area contributed by atoms with Gasteiger partial charge in [-0.25, -0.2) is 4.98 Å². The Hall–Kier alpha value is -2.56. The first-order valence-corrected chi connectivity index (χ1v) is 8.17. The number of pyridine rings is 1. The summed E-state index contributed by atoms with van der Waals surface area (Å²) in [5, 5.41) is 9.84. The number of hydrogen-bond acceptors (Lipinski definition) is 3. The van der Waals surface area contributed by atoms with Crippen LogP contribution in [-0.4, -0.2) is 21.2 Å². The van der Waals surface area contributed by atoms with Crippen LogP contribution < -0.4 is 10.9 Å². The molecular weight excluding hydrogens is 288 g/mol. The van der Waals surface area contributed by atoms with Gasteiger partial charge in [0.2, 0.25) is 0 Å². The lowest BCUT2D eigenvalue weighted by atomic mass is 9.81. The minimum atomic E-state index is -0.0409. The van der Waals surface area contributed by atoms with E-state index in [0.29, 0.717) is 12.0 Å². The molecule has 2 heterocycles. The fourth-order valence-electron chi connectivity index (χ4n) is 3.59. The van der Waals surface area contributed by atoms with Crippen LogP contribution in [0.4, 0.5) is 5.82 Å². The number of nitrogens with one attached hydrogen (secondary N) is 3. The molecule has 2 atom stereocenters. The highest BCUT2D eigenvalue weighted by atomic mass is 16.1. The number of rotatable bonds is 3. The van der Waals surface area contributed by atoms with E-state index in [4.69, 9.17) is 0 Å². The third kappa shape index (κ3) is 2.86. The summed E-state index contributed by atoms with van der Waals surface area (Å²) in [6.07, 6.45) is 6.42. The summed E-state index contributed by atoms with van der Waals surface area (Å²) < 4.78 is 0. The summed E-state index contributed by atoms with van der Waals surface area (Å²) in [5.74, 6) is 1.43. The summed E-state index contributed by atoms with van der Waals surface area (Å²) in [6.45, 7) is 0. The van der Waals surface area contributed by atoms with E-state index in [9.17, 15) is 4.79 Å².